The number of carbonyl (C=O) groups is 2. The van der Waals surface area contributed by atoms with Crippen LogP contribution in [-0.2, 0) is 22.3 Å². The molecule has 0 N–H and O–H groups in total. The number of esters is 1. The molecule has 2 aromatic carbocycles. The number of anilines is 1. The fourth-order valence-corrected chi connectivity index (χ4v) is 2.98. The summed E-state index contributed by atoms with van der Waals surface area (Å²) in [6, 6.07) is 10.1. The summed E-state index contributed by atoms with van der Waals surface area (Å²) in [5.74, 6) is 0.279. The summed E-state index contributed by atoms with van der Waals surface area (Å²) in [7, 11) is 1.54. The van der Waals surface area contributed by atoms with Crippen molar-refractivity contribution in [2.24, 2.45) is 0 Å². The number of halogens is 3. The van der Waals surface area contributed by atoms with Gasteiger partial charge in [-0.25, -0.2) is 0 Å². The third-order valence-electron chi connectivity index (χ3n) is 4.47. The molecule has 0 bridgehead atoms. The second-order valence-corrected chi connectivity index (χ2v) is 6.57. The lowest BCUT2D eigenvalue weighted by atomic mass is 10.1. The summed E-state index contributed by atoms with van der Waals surface area (Å²) < 4.78 is 49.7. The molecule has 0 amide bonds. The van der Waals surface area contributed by atoms with Crippen molar-refractivity contribution in [3.63, 3.8) is 0 Å². The minimum Gasteiger partial charge on any atom is -0.497 e. The maximum absolute atomic E-state index is 13.2. The highest BCUT2D eigenvalue weighted by Crippen LogP contribution is 2.34. The van der Waals surface area contributed by atoms with Gasteiger partial charge in [-0.3, -0.25) is 9.59 Å². The molecule has 30 heavy (non-hydrogen) atoms. The number of methoxy groups -OCH3 is 1. The summed E-state index contributed by atoms with van der Waals surface area (Å²) in [4.78, 5) is 24.8. The predicted molar refractivity (Wildman–Crippen MR) is 107 cm³/mol. The topological polar surface area (TPSA) is 55.8 Å². The Bertz CT molecular complexity index is 850. The highest BCUT2D eigenvalue weighted by atomic mass is 19.4. The SMILES string of the molecule is CCOC(=O)CCCN(Cc1ccc(OC)cc1)c1cc(C(F)(F)F)ccc1C=O. The first-order valence-corrected chi connectivity index (χ1v) is 9.48. The molecule has 0 atom stereocenters. The zero-order valence-electron chi connectivity index (χ0n) is 16.9. The average Bonchev–Trinajstić information content (AvgIpc) is 2.72. The van der Waals surface area contributed by atoms with E-state index in [1.807, 2.05) is 0 Å². The molecule has 0 aliphatic carbocycles. The number of carbonyl (C=O) groups excluding carboxylic acids is 2. The quantitative estimate of drug-likeness (QED) is 0.403. The first-order chi connectivity index (χ1) is 14.3. The third kappa shape index (κ3) is 6.50. The molecule has 0 saturated carbocycles. The molecule has 0 aromatic heterocycles. The number of rotatable bonds is 10. The van der Waals surface area contributed by atoms with Crippen LogP contribution in [0, 0.1) is 0 Å². The van der Waals surface area contributed by atoms with Crippen molar-refractivity contribution in [1.29, 1.82) is 0 Å². The lowest BCUT2D eigenvalue weighted by Crippen LogP contribution is -2.26. The van der Waals surface area contributed by atoms with E-state index in [1.165, 1.54) is 7.11 Å². The van der Waals surface area contributed by atoms with Crippen LogP contribution in [-0.4, -0.2) is 32.5 Å². The van der Waals surface area contributed by atoms with Crippen molar-refractivity contribution in [2.75, 3.05) is 25.2 Å². The van der Waals surface area contributed by atoms with Crippen LogP contribution < -0.4 is 9.64 Å². The van der Waals surface area contributed by atoms with Crippen molar-refractivity contribution < 1.29 is 32.2 Å². The van der Waals surface area contributed by atoms with Crippen LogP contribution in [0.2, 0.25) is 0 Å². The van der Waals surface area contributed by atoms with E-state index >= 15 is 0 Å². The molecule has 0 aliphatic heterocycles. The lowest BCUT2D eigenvalue weighted by molar-refractivity contribution is -0.143. The van der Waals surface area contributed by atoms with Crippen molar-refractivity contribution in [2.45, 2.75) is 32.5 Å². The van der Waals surface area contributed by atoms with Crippen molar-refractivity contribution in [1.82, 2.24) is 0 Å². The molecule has 5 nitrogen and oxygen atoms in total. The smallest absolute Gasteiger partial charge is 0.416 e. The van der Waals surface area contributed by atoms with Gasteiger partial charge in [0.05, 0.1) is 19.3 Å². The zero-order valence-corrected chi connectivity index (χ0v) is 16.9. The van der Waals surface area contributed by atoms with Gasteiger partial charge in [0.25, 0.3) is 0 Å². The number of aldehydes is 1. The van der Waals surface area contributed by atoms with Gasteiger partial charge in [0.15, 0.2) is 6.29 Å². The van der Waals surface area contributed by atoms with Crippen LogP contribution in [0.15, 0.2) is 42.5 Å². The normalized spacial score (nSPS) is 11.1. The van der Waals surface area contributed by atoms with Crippen LogP contribution in [0.3, 0.4) is 0 Å². The Morgan fingerprint density at radius 1 is 1.13 bits per heavy atom. The van der Waals surface area contributed by atoms with E-state index in [9.17, 15) is 22.8 Å². The Hall–Kier alpha value is -3.03. The lowest BCUT2D eigenvalue weighted by Gasteiger charge is -2.27. The predicted octanol–water partition coefficient (Wildman–Crippen LogP) is 4.88. The fourth-order valence-electron chi connectivity index (χ4n) is 2.98. The molecule has 0 radical (unpaired) electrons. The number of benzene rings is 2. The number of nitrogens with zero attached hydrogens (tertiary/aromatic N) is 1. The minimum atomic E-state index is -4.53. The molecule has 0 saturated heterocycles. The van der Waals surface area contributed by atoms with Gasteiger partial charge < -0.3 is 14.4 Å². The van der Waals surface area contributed by atoms with Crippen LogP contribution in [0.5, 0.6) is 5.75 Å². The van der Waals surface area contributed by atoms with Crippen molar-refractivity contribution >= 4 is 17.9 Å². The highest BCUT2D eigenvalue weighted by molar-refractivity contribution is 5.85. The molecular formula is C22H24F3NO4. The Balaban J connectivity index is 2.33. The number of alkyl halides is 3. The highest BCUT2D eigenvalue weighted by Gasteiger charge is 2.31. The van der Waals surface area contributed by atoms with Gasteiger partial charge in [0.1, 0.15) is 5.75 Å². The first kappa shape index (κ1) is 23.3. The Kier molecular flexibility index (Phi) is 8.26. The van der Waals surface area contributed by atoms with Gasteiger partial charge in [-0.15, -0.1) is 0 Å². The van der Waals surface area contributed by atoms with Crippen LogP contribution in [0.4, 0.5) is 18.9 Å². The Labute approximate surface area is 173 Å². The molecule has 2 aromatic rings. The van der Waals surface area contributed by atoms with E-state index in [1.54, 1.807) is 36.1 Å². The van der Waals surface area contributed by atoms with E-state index in [2.05, 4.69) is 0 Å². The Morgan fingerprint density at radius 3 is 2.40 bits per heavy atom. The first-order valence-electron chi connectivity index (χ1n) is 9.48. The van der Waals surface area contributed by atoms with E-state index in [-0.39, 0.29) is 43.3 Å². The van der Waals surface area contributed by atoms with Gasteiger partial charge in [-0.2, -0.15) is 13.2 Å². The summed E-state index contributed by atoms with van der Waals surface area (Å²) in [6.07, 6.45) is -3.51. The molecule has 2 rings (SSSR count). The second kappa shape index (κ2) is 10.7. The molecule has 0 aliphatic rings. The van der Waals surface area contributed by atoms with Crippen molar-refractivity contribution in [3.05, 3.63) is 59.2 Å². The van der Waals surface area contributed by atoms with Crippen LogP contribution in [0.1, 0.15) is 41.3 Å². The van der Waals surface area contributed by atoms with Crippen molar-refractivity contribution in [3.8, 4) is 5.75 Å². The molecule has 8 heteroatoms. The molecule has 162 valence electrons. The fraction of sp³-hybridized carbons (Fsp3) is 0.364. The zero-order chi connectivity index (χ0) is 22.1. The number of ether oxygens (including phenoxy) is 2. The third-order valence-corrected chi connectivity index (χ3v) is 4.47. The summed E-state index contributed by atoms with van der Waals surface area (Å²) in [6.45, 7) is 2.49. The molecule has 0 heterocycles. The van der Waals surface area contributed by atoms with Gasteiger partial charge in [0.2, 0.25) is 0 Å². The second-order valence-electron chi connectivity index (χ2n) is 6.57. The number of hydrogen-bond acceptors (Lipinski definition) is 5. The maximum Gasteiger partial charge on any atom is 0.416 e. The van der Waals surface area contributed by atoms with Gasteiger partial charge in [-0.1, -0.05) is 12.1 Å². The average molecular weight is 423 g/mol. The standard InChI is InChI=1S/C22H24F3NO4/c1-3-30-21(28)5-4-12-26(14-16-6-10-19(29-2)11-7-16)20-13-18(22(23,24)25)9-8-17(20)15-27/h6-11,13,15H,3-5,12,14H2,1-2H3. The molecule has 0 spiro atoms. The number of hydrogen-bond donors (Lipinski definition) is 0. The van der Waals surface area contributed by atoms with Gasteiger partial charge in [0, 0.05) is 30.8 Å². The summed E-state index contributed by atoms with van der Waals surface area (Å²) in [5, 5.41) is 0. The molecule has 0 fully saturated rings. The van der Waals surface area contributed by atoms with Gasteiger partial charge >= 0.3 is 12.1 Å². The monoisotopic (exact) mass is 423 g/mol. The summed E-state index contributed by atoms with van der Waals surface area (Å²) in [5.41, 5.74) is 0.293. The van der Waals surface area contributed by atoms with E-state index in [0.717, 1.165) is 23.8 Å². The summed E-state index contributed by atoms with van der Waals surface area (Å²) >= 11 is 0. The van der Waals surface area contributed by atoms with E-state index < -0.39 is 11.7 Å². The molecule has 0 unspecified atom stereocenters. The maximum atomic E-state index is 13.2. The van der Waals surface area contributed by atoms with Crippen LogP contribution in [0.25, 0.3) is 0 Å². The van der Waals surface area contributed by atoms with E-state index in [0.29, 0.717) is 18.5 Å². The van der Waals surface area contributed by atoms with E-state index in [4.69, 9.17) is 9.47 Å². The Morgan fingerprint density at radius 2 is 1.83 bits per heavy atom. The minimum absolute atomic E-state index is 0.127. The van der Waals surface area contributed by atoms with Crippen LogP contribution >= 0.6 is 0 Å². The van der Waals surface area contributed by atoms with Gasteiger partial charge in [-0.05, 0) is 49.2 Å². The molecular weight excluding hydrogens is 399 g/mol. The largest absolute Gasteiger partial charge is 0.497 e.